The van der Waals surface area contributed by atoms with E-state index in [1.165, 1.54) is 13.6 Å². The summed E-state index contributed by atoms with van der Waals surface area (Å²) in [4.78, 5) is 0. The molecular formula is C12H17BrIN. The Hall–Kier alpha value is 0.390. The molecule has 0 radical (unpaired) electrons. The van der Waals surface area contributed by atoms with E-state index in [2.05, 4.69) is 82.8 Å². The summed E-state index contributed by atoms with van der Waals surface area (Å²) >= 11 is 5.98. The van der Waals surface area contributed by atoms with Gasteiger partial charge in [-0.25, -0.2) is 0 Å². The van der Waals surface area contributed by atoms with Gasteiger partial charge in [0.05, 0.1) is 0 Å². The fraction of sp³-hybridized carbons (Fsp3) is 0.500. The third-order valence-corrected chi connectivity index (χ3v) is 3.78. The fourth-order valence-electron chi connectivity index (χ4n) is 1.68. The van der Waals surface area contributed by atoms with Crippen molar-refractivity contribution in [3.63, 3.8) is 0 Å². The molecule has 0 aliphatic carbocycles. The summed E-state index contributed by atoms with van der Waals surface area (Å²) in [6, 6.07) is 6.93. The summed E-state index contributed by atoms with van der Waals surface area (Å²) < 4.78 is 2.48. The molecule has 0 aliphatic rings. The van der Waals surface area contributed by atoms with Gasteiger partial charge in [0.15, 0.2) is 0 Å². The minimum atomic E-state index is 0.430. The van der Waals surface area contributed by atoms with Gasteiger partial charge in [0.1, 0.15) is 0 Å². The Morgan fingerprint density at radius 1 is 1.40 bits per heavy atom. The van der Waals surface area contributed by atoms with E-state index in [9.17, 15) is 0 Å². The summed E-state index contributed by atoms with van der Waals surface area (Å²) in [5.41, 5.74) is 1.36. The van der Waals surface area contributed by atoms with Crippen LogP contribution >= 0.6 is 38.5 Å². The summed E-state index contributed by atoms with van der Waals surface area (Å²) in [5, 5.41) is 3.53. The Balaban J connectivity index is 3.04. The van der Waals surface area contributed by atoms with E-state index >= 15 is 0 Å². The highest BCUT2D eigenvalue weighted by molar-refractivity contribution is 14.1. The van der Waals surface area contributed by atoms with Gasteiger partial charge in [-0.05, 0) is 58.8 Å². The highest BCUT2D eigenvalue weighted by Gasteiger charge is 2.17. The highest BCUT2D eigenvalue weighted by Crippen LogP contribution is 2.29. The number of halogens is 2. The zero-order chi connectivity index (χ0) is 11.4. The number of benzene rings is 1. The Labute approximate surface area is 114 Å². The van der Waals surface area contributed by atoms with Gasteiger partial charge in [-0.2, -0.15) is 0 Å². The summed E-state index contributed by atoms with van der Waals surface area (Å²) in [6.45, 7) is 7.65. The number of rotatable bonds is 4. The van der Waals surface area contributed by atoms with E-state index in [1.807, 2.05) is 0 Å². The van der Waals surface area contributed by atoms with Gasteiger partial charge in [-0.3, -0.25) is 0 Å². The average molecular weight is 382 g/mol. The van der Waals surface area contributed by atoms with Crippen LogP contribution in [0.1, 0.15) is 32.4 Å². The molecule has 84 valence electrons. The minimum absolute atomic E-state index is 0.430. The summed E-state index contributed by atoms with van der Waals surface area (Å²) in [5.74, 6) is 0.597. The number of hydrogen-bond donors (Lipinski definition) is 1. The molecule has 15 heavy (non-hydrogen) atoms. The normalized spacial score (nSPS) is 13.2. The summed E-state index contributed by atoms with van der Waals surface area (Å²) in [7, 11) is 0. The molecule has 0 aliphatic heterocycles. The van der Waals surface area contributed by atoms with Gasteiger partial charge in [0.2, 0.25) is 0 Å². The van der Waals surface area contributed by atoms with Crippen LogP contribution in [0.25, 0.3) is 0 Å². The van der Waals surface area contributed by atoms with Crippen molar-refractivity contribution in [1.82, 2.24) is 5.32 Å². The lowest BCUT2D eigenvalue weighted by Gasteiger charge is -2.23. The molecule has 0 amide bonds. The van der Waals surface area contributed by atoms with Gasteiger partial charge in [-0.1, -0.05) is 36.7 Å². The molecule has 0 fully saturated rings. The van der Waals surface area contributed by atoms with E-state index < -0.39 is 0 Å². The molecule has 1 atom stereocenters. The van der Waals surface area contributed by atoms with E-state index in [1.54, 1.807) is 0 Å². The lowest BCUT2D eigenvalue weighted by Crippen LogP contribution is -2.25. The molecule has 1 rings (SSSR count). The molecule has 1 N–H and O–H groups in total. The molecule has 0 heterocycles. The van der Waals surface area contributed by atoms with E-state index in [-0.39, 0.29) is 0 Å². The van der Waals surface area contributed by atoms with Gasteiger partial charge in [0, 0.05) is 14.1 Å². The second kappa shape index (κ2) is 6.21. The van der Waals surface area contributed by atoms with Crippen LogP contribution < -0.4 is 5.32 Å². The molecule has 1 nitrogen and oxygen atoms in total. The van der Waals surface area contributed by atoms with Crippen LogP contribution in [0.3, 0.4) is 0 Å². The maximum atomic E-state index is 3.63. The molecule has 0 saturated carbocycles. The molecule has 3 heteroatoms. The molecule has 0 saturated heterocycles. The quantitative estimate of drug-likeness (QED) is 0.764. The van der Waals surface area contributed by atoms with Gasteiger partial charge < -0.3 is 5.32 Å². The second-order valence-corrected chi connectivity index (χ2v) is 6.05. The van der Waals surface area contributed by atoms with Gasteiger partial charge >= 0.3 is 0 Å². The van der Waals surface area contributed by atoms with Crippen molar-refractivity contribution in [3.8, 4) is 0 Å². The molecule has 1 aromatic carbocycles. The minimum Gasteiger partial charge on any atom is -0.310 e. The SMILES string of the molecule is CCNC(c1cc(I)ccc1Br)C(C)C. The molecule has 1 unspecified atom stereocenters. The van der Waals surface area contributed by atoms with Crippen molar-refractivity contribution < 1.29 is 0 Å². The third kappa shape index (κ3) is 3.71. The van der Waals surface area contributed by atoms with Crippen LogP contribution in [0.2, 0.25) is 0 Å². The van der Waals surface area contributed by atoms with Crippen molar-refractivity contribution in [2.75, 3.05) is 6.54 Å². The maximum absolute atomic E-state index is 3.63. The van der Waals surface area contributed by atoms with Crippen LogP contribution in [-0.2, 0) is 0 Å². The smallest absolute Gasteiger partial charge is 0.0354 e. The lowest BCUT2D eigenvalue weighted by molar-refractivity contribution is 0.420. The Bertz CT molecular complexity index is 325. The first-order chi connectivity index (χ1) is 7.06. The molecule has 0 aromatic heterocycles. The molecule has 0 spiro atoms. The first-order valence-electron chi connectivity index (χ1n) is 5.24. The van der Waals surface area contributed by atoms with Crippen LogP contribution in [0, 0.1) is 9.49 Å². The standard InChI is InChI=1S/C12H17BrIN/c1-4-15-12(8(2)3)10-7-9(14)5-6-11(10)13/h5-8,12,15H,4H2,1-3H3. The van der Waals surface area contributed by atoms with E-state index in [0.717, 1.165) is 6.54 Å². The van der Waals surface area contributed by atoms with E-state index in [4.69, 9.17) is 0 Å². The highest BCUT2D eigenvalue weighted by atomic mass is 127. The first kappa shape index (κ1) is 13.5. The number of nitrogens with one attached hydrogen (secondary N) is 1. The van der Waals surface area contributed by atoms with E-state index in [0.29, 0.717) is 12.0 Å². The van der Waals surface area contributed by atoms with Gasteiger partial charge in [-0.15, -0.1) is 0 Å². The second-order valence-electron chi connectivity index (χ2n) is 3.95. The molecule has 0 bridgehead atoms. The van der Waals surface area contributed by atoms with Crippen molar-refractivity contribution >= 4 is 38.5 Å². The van der Waals surface area contributed by atoms with Crippen LogP contribution in [0.15, 0.2) is 22.7 Å². The largest absolute Gasteiger partial charge is 0.310 e. The predicted molar refractivity (Wildman–Crippen MR) is 78.1 cm³/mol. The van der Waals surface area contributed by atoms with Crippen molar-refractivity contribution in [1.29, 1.82) is 0 Å². The molecular weight excluding hydrogens is 365 g/mol. The van der Waals surface area contributed by atoms with Crippen LogP contribution in [0.4, 0.5) is 0 Å². The monoisotopic (exact) mass is 381 g/mol. The topological polar surface area (TPSA) is 12.0 Å². The Morgan fingerprint density at radius 2 is 2.07 bits per heavy atom. The lowest BCUT2D eigenvalue weighted by atomic mass is 9.96. The van der Waals surface area contributed by atoms with Crippen molar-refractivity contribution in [2.24, 2.45) is 5.92 Å². The average Bonchev–Trinajstić information content (AvgIpc) is 2.18. The van der Waals surface area contributed by atoms with Crippen LogP contribution in [0.5, 0.6) is 0 Å². The third-order valence-electron chi connectivity index (χ3n) is 2.38. The Morgan fingerprint density at radius 3 is 2.60 bits per heavy atom. The van der Waals surface area contributed by atoms with Crippen molar-refractivity contribution in [2.45, 2.75) is 26.8 Å². The molecule has 1 aromatic rings. The zero-order valence-electron chi connectivity index (χ0n) is 9.35. The Kier molecular flexibility index (Phi) is 5.57. The van der Waals surface area contributed by atoms with Crippen LogP contribution in [-0.4, -0.2) is 6.54 Å². The maximum Gasteiger partial charge on any atom is 0.0354 e. The van der Waals surface area contributed by atoms with Gasteiger partial charge in [0.25, 0.3) is 0 Å². The zero-order valence-corrected chi connectivity index (χ0v) is 13.1. The fourth-order valence-corrected chi connectivity index (χ4v) is 2.69. The number of hydrogen-bond acceptors (Lipinski definition) is 1. The first-order valence-corrected chi connectivity index (χ1v) is 7.11. The van der Waals surface area contributed by atoms with Crippen molar-refractivity contribution in [3.05, 3.63) is 31.8 Å². The summed E-state index contributed by atoms with van der Waals surface area (Å²) in [6.07, 6.45) is 0. The predicted octanol–water partition coefficient (Wildman–Crippen LogP) is 4.36.